The summed E-state index contributed by atoms with van der Waals surface area (Å²) in [4.78, 5) is 10.2. The van der Waals surface area contributed by atoms with Gasteiger partial charge in [0.2, 0.25) is 0 Å². The number of nitrogens with zero attached hydrogens (tertiary/aromatic N) is 4. The molecule has 1 aromatic heterocycles. The number of ether oxygens (including phenoxy) is 1. The third-order valence-electron chi connectivity index (χ3n) is 2.37. The van der Waals surface area contributed by atoms with Crippen LogP contribution in [-0.4, -0.2) is 27.0 Å². The van der Waals surface area contributed by atoms with Gasteiger partial charge in [0.1, 0.15) is 5.69 Å². The Hall–Kier alpha value is -2.48. The van der Waals surface area contributed by atoms with Crippen molar-refractivity contribution in [2.45, 2.75) is 6.54 Å². The fraction of sp³-hybridized carbons (Fsp3) is 0.200. The molecule has 0 unspecified atom stereocenters. The first-order valence-electron chi connectivity index (χ1n) is 5.10. The van der Waals surface area contributed by atoms with Gasteiger partial charge < -0.3 is 10.5 Å². The number of non-ortho nitro benzene ring substituents is 1. The zero-order valence-corrected chi connectivity index (χ0v) is 9.61. The monoisotopic (exact) mass is 249 g/mol. The lowest BCUT2D eigenvalue weighted by molar-refractivity contribution is -0.384. The summed E-state index contributed by atoms with van der Waals surface area (Å²) in [6, 6.07) is 4.26. The molecule has 0 spiro atoms. The van der Waals surface area contributed by atoms with Crippen LogP contribution in [0.5, 0.6) is 5.75 Å². The summed E-state index contributed by atoms with van der Waals surface area (Å²) in [5.41, 5.74) is 6.58. The maximum Gasteiger partial charge on any atom is 0.273 e. The van der Waals surface area contributed by atoms with E-state index in [1.807, 2.05) is 0 Å². The van der Waals surface area contributed by atoms with E-state index in [4.69, 9.17) is 10.5 Å². The number of nitro benzene ring substituents is 1. The number of nitro groups is 1. The van der Waals surface area contributed by atoms with Crippen molar-refractivity contribution in [2.75, 3.05) is 7.11 Å². The van der Waals surface area contributed by atoms with Crippen LogP contribution in [0.25, 0.3) is 5.69 Å². The van der Waals surface area contributed by atoms with Crippen LogP contribution < -0.4 is 10.5 Å². The maximum atomic E-state index is 10.7. The molecule has 0 aliphatic carbocycles. The first-order chi connectivity index (χ1) is 8.65. The van der Waals surface area contributed by atoms with E-state index in [2.05, 4.69) is 10.3 Å². The van der Waals surface area contributed by atoms with E-state index in [9.17, 15) is 10.1 Å². The minimum atomic E-state index is -0.487. The molecular formula is C10H11N5O3. The highest BCUT2D eigenvalue weighted by Gasteiger charge is 2.13. The van der Waals surface area contributed by atoms with Gasteiger partial charge in [-0.15, -0.1) is 5.10 Å². The van der Waals surface area contributed by atoms with Crippen molar-refractivity contribution in [1.82, 2.24) is 15.0 Å². The topological polar surface area (TPSA) is 109 Å². The van der Waals surface area contributed by atoms with Crippen molar-refractivity contribution < 1.29 is 9.66 Å². The lowest BCUT2D eigenvalue weighted by atomic mass is 10.2. The average molecular weight is 249 g/mol. The predicted molar refractivity (Wildman–Crippen MR) is 62.5 cm³/mol. The molecule has 18 heavy (non-hydrogen) atoms. The van der Waals surface area contributed by atoms with Crippen LogP contribution in [-0.2, 0) is 6.54 Å². The molecule has 8 nitrogen and oxygen atoms in total. The molecule has 0 radical (unpaired) electrons. The fourth-order valence-electron chi connectivity index (χ4n) is 1.48. The van der Waals surface area contributed by atoms with Crippen molar-refractivity contribution in [1.29, 1.82) is 0 Å². The van der Waals surface area contributed by atoms with Gasteiger partial charge >= 0.3 is 0 Å². The van der Waals surface area contributed by atoms with Crippen LogP contribution in [0.2, 0.25) is 0 Å². The molecule has 2 rings (SSSR count). The van der Waals surface area contributed by atoms with E-state index in [1.165, 1.54) is 23.9 Å². The third kappa shape index (κ3) is 2.13. The molecule has 0 bridgehead atoms. The standard InChI is InChI=1S/C10H11N5O3/c1-18-10-4-8(15(16)17)2-3-9(10)14-6-7(5-11)12-13-14/h2-4,6H,5,11H2,1H3. The van der Waals surface area contributed by atoms with Gasteiger partial charge in [-0.25, -0.2) is 4.68 Å². The normalized spacial score (nSPS) is 10.3. The Kier molecular flexibility index (Phi) is 3.20. The number of aromatic nitrogens is 3. The van der Waals surface area contributed by atoms with Crippen LogP contribution in [0.3, 0.4) is 0 Å². The van der Waals surface area contributed by atoms with E-state index in [0.717, 1.165) is 0 Å². The minimum Gasteiger partial charge on any atom is -0.494 e. The number of hydrogen-bond donors (Lipinski definition) is 1. The van der Waals surface area contributed by atoms with Crippen molar-refractivity contribution >= 4 is 5.69 Å². The van der Waals surface area contributed by atoms with Crippen LogP contribution in [0.1, 0.15) is 5.69 Å². The van der Waals surface area contributed by atoms with Gasteiger partial charge in [-0.05, 0) is 6.07 Å². The summed E-state index contributed by atoms with van der Waals surface area (Å²) in [7, 11) is 1.43. The number of methoxy groups -OCH3 is 1. The Balaban J connectivity index is 2.47. The Morgan fingerprint density at radius 2 is 2.33 bits per heavy atom. The van der Waals surface area contributed by atoms with Crippen LogP contribution in [0.15, 0.2) is 24.4 Å². The third-order valence-corrected chi connectivity index (χ3v) is 2.37. The zero-order chi connectivity index (χ0) is 13.1. The van der Waals surface area contributed by atoms with Gasteiger partial charge in [-0.2, -0.15) is 0 Å². The minimum absolute atomic E-state index is 0.0465. The fourth-order valence-corrected chi connectivity index (χ4v) is 1.48. The zero-order valence-electron chi connectivity index (χ0n) is 9.61. The number of benzene rings is 1. The Labute approximate surface area is 102 Å². The summed E-state index contributed by atoms with van der Waals surface area (Å²) < 4.78 is 6.57. The molecule has 0 fully saturated rings. The van der Waals surface area contributed by atoms with Crippen molar-refractivity contribution in [3.8, 4) is 11.4 Å². The van der Waals surface area contributed by atoms with Crippen LogP contribution in [0, 0.1) is 10.1 Å². The van der Waals surface area contributed by atoms with E-state index in [-0.39, 0.29) is 12.2 Å². The van der Waals surface area contributed by atoms with E-state index in [1.54, 1.807) is 12.3 Å². The van der Waals surface area contributed by atoms with E-state index >= 15 is 0 Å². The molecule has 1 heterocycles. The van der Waals surface area contributed by atoms with Crippen molar-refractivity contribution in [3.63, 3.8) is 0 Å². The second kappa shape index (κ2) is 4.80. The Morgan fingerprint density at radius 1 is 1.56 bits per heavy atom. The van der Waals surface area contributed by atoms with Crippen LogP contribution in [0.4, 0.5) is 5.69 Å². The summed E-state index contributed by atoms with van der Waals surface area (Å²) in [6.45, 7) is 0.273. The molecular weight excluding hydrogens is 238 g/mol. The first kappa shape index (κ1) is 12.0. The van der Waals surface area contributed by atoms with Gasteiger partial charge in [0, 0.05) is 12.6 Å². The predicted octanol–water partition coefficient (Wildman–Crippen LogP) is 0.643. The molecule has 0 amide bonds. The summed E-state index contributed by atoms with van der Waals surface area (Å²) in [6.07, 6.45) is 1.64. The van der Waals surface area contributed by atoms with Crippen LogP contribution >= 0.6 is 0 Å². The van der Waals surface area contributed by atoms with Gasteiger partial charge in [0.25, 0.3) is 5.69 Å². The average Bonchev–Trinajstić information content (AvgIpc) is 2.86. The Morgan fingerprint density at radius 3 is 2.89 bits per heavy atom. The Bertz CT molecular complexity index is 581. The first-order valence-corrected chi connectivity index (χ1v) is 5.10. The van der Waals surface area contributed by atoms with Crippen molar-refractivity contribution in [3.05, 3.63) is 40.2 Å². The lowest BCUT2D eigenvalue weighted by Crippen LogP contribution is -2.00. The van der Waals surface area contributed by atoms with E-state index in [0.29, 0.717) is 17.1 Å². The van der Waals surface area contributed by atoms with E-state index < -0.39 is 4.92 Å². The van der Waals surface area contributed by atoms with Gasteiger partial charge in [0.05, 0.1) is 30.0 Å². The molecule has 0 saturated heterocycles. The molecule has 0 aliphatic rings. The highest BCUT2D eigenvalue weighted by Crippen LogP contribution is 2.27. The SMILES string of the molecule is COc1cc([N+](=O)[O-])ccc1-n1cc(CN)nn1. The maximum absolute atomic E-state index is 10.7. The molecule has 8 heteroatoms. The van der Waals surface area contributed by atoms with Gasteiger partial charge in [-0.1, -0.05) is 5.21 Å². The highest BCUT2D eigenvalue weighted by molar-refractivity contribution is 5.52. The smallest absolute Gasteiger partial charge is 0.273 e. The second-order valence-electron chi connectivity index (χ2n) is 3.47. The molecule has 0 atom stereocenters. The number of hydrogen-bond acceptors (Lipinski definition) is 6. The molecule has 0 saturated carbocycles. The molecule has 1 aromatic carbocycles. The molecule has 2 N–H and O–H groups in total. The number of rotatable bonds is 4. The van der Waals surface area contributed by atoms with Gasteiger partial charge in [0.15, 0.2) is 5.75 Å². The summed E-state index contributed by atoms with van der Waals surface area (Å²) in [5, 5.41) is 18.4. The largest absolute Gasteiger partial charge is 0.494 e. The van der Waals surface area contributed by atoms with Gasteiger partial charge in [-0.3, -0.25) is 10.1 Å². The molecule has 0 aliphatic heterocycles. The summed E-state index contributed by atoms with van der Waals surface area (Å²) >= 11 is 0. The quantitative estimate of drug-likeness (QED) is 0.629. The summed E-state index contributed by atoms with van der Waals surface area (Å²) in [5.74, 6) is 0.345. The lowest BCUT2D eigenvalue weighted by Gasteiger charge is -2.06. The highest BCUT2D eigenvalue weighted by atomic mass is 16.6. The number of nitrogens with two attached hydrogens (primary N) is 1. The second-order valence-corrected chi connectivity index (χ2v) is 3.47. The molecule has 94 valence electrons. The molecule has 2 aromatic rings. The van der Waals surface area contributed by atoms with Crippen molar-refractivity contribution in [2.24, 2.45) is 5.73 Å².